The third-order valence-electron chi connectivity index (χ3n) is 6.46. The van der Waals surface area contributed by atoms with Gasteiger partial charge in [-0.1, -0.05) is 12.1 Å². The number of carboxylic acid groups (broad SMARTS) is 5. The third kappa shape index (κ3) is 19.7. The molecule has 0 saturated heterocycles. The Labute approximate surface area is 287 Å². The molecular weight excluding hydrogens is 716 g/mol. The minimum absolute atomic E-state index is 0. The molecule has 267 valence electrons. The monoisotopic (exact) mass is 755 g/mol. The summed E-state index contributed by atoms with van der Waals surface area (Å²) in [7, 11) is -3.81. The molecule has 0 bridgehead atoms. The van der Waals surface area contributed by atoms with E-state index < -0.39 is 72.1 Å². The van der Waals surface area contributed by atoms with Gasteiger partial charge in [0.2, 0.25) is 10.0 Å². The van der Waals surface area contributed by atoms with Gasteiger partial charge in [-0.15, -0.1) is 0 Å². The molecule has 1 aromatic carbocycles. The topological polar surface area (TPSA) is 280 Å². The third-order valence-corrected chi connectivity index (χ3v) is 7.68. The van der Waals surface area contributed by atoms with Gasteiger partial charge in [0.25, 0.3) is 0 Å². The van der Waals surface area contributed by atoms with Gasteiger partial charge in [0.1, 0.15) is 6.04 Å². The molecule has 0 unspecified atom stereocenters. The molecule has 0 spiro atoms. The van der Waals surface area contributed by atoms with E-state index in [1.807, 2.05) is 0 Å². The van der Waals surface area contributed by atoms with E-state index >= 15 is 0 Å². The first-order chi connectivity index (χ1) is 21.5. The number of thiocarbonyl (C=S) groups is 1. The number of hydrogen-bond acceptors (Lipinski definition) is 11. The largest absolute Gasteiger partial charge is 2.00 e. The van der Waals surface area contributed by atoms with E-state index in [-0.39, 0.29) is 54.6 Å². The molecule has 1 radical (unpaired) electrons. The van der Waals surface area contributed by atoms with E-state index in [1.54, 1.807) is 12.1 Å². The van der Waals surface area contributed by atoms with Gasteiger partial charge in [-0.05, 0) is 49.2 Å². The van der Waals surface area contributed by atoms with E-state index in [1.165, 1.54) is 17.0 Å². The van der Waals surface area contributed by atoms with E-state index in [9.17, 15) is 37.5 Å². The van der Waals surface area contributed by atoms with Crippen molar-refractivity contribution in [2.45, 2.75) is 36.7 Å². The van der Waals surface area contributed by atoms with Crippen molar-refractivity contribution in [1.82, 2.24) is 25.3 Å². The molecule has 0 fully saturated rings. The maximum atomic E-state index is 12.3. The van der Waals surface area contributed by atoms with Crippen molar-refractivity contribution >= 4 is 57.2 Å². The molecule has 0 heterocycles. The van der Waals surface area contributed by atoms with Crippen molar-refractivity contribution in [2.24, 2.45) is 5.14 Å². The molecule has 0 saturated carbocycles. The number of nitrogens with zero attached hydrogens (tertiary/aromatic N) is 3. The van der Waals surface area contributed by atoms with Gasteiger partial charge in [-0.2, -0.15) is 0 Å². The number of carboxylic acids is 5. The van der Waals surface area contributed by atoms with Crippen molar-refractivity contribution in [1.29, 1.82) is 0 Å². The first kappa shape index (κ1) is 43.6. The van der Waals surface area contributed by atoms with Crippen molar-refractivity contribution < 1.29 is 75.0 Å². The number of nitrogens with one attached hydrogen (secondary N) is 2. The number of aliphatic carboxylic acids is 5. The Morgan fingerprint density at radius 1 is 0.745 bits per heavy atom. The summed E-state index contributed by atoms with van der Waals surface area (Å²) < 4.78 is 22.7. The summed E-state index contributed by atoms with van der Waals surface area (Å²) in [6.07, 6.45) is 0.986. The average Bonchev–Trinajstić information content (AvgIpc) is 2.92. The summed E-state index contributed by atoms with van der Waals surface area (Å²) >= 11 is 5.24. The van der Waals surface area contributed by atoms with E-state index in [0.717, 1.165) is 15.4 Å². The fourth-order valence-electron chi connectivity index (χ4n) is 4.33. The van der Waals surface area contributed by atoms with Crippen LogP contribution in [0.25, 0.3) is 0 Å². The van der Waals surface area contributed by atoms with Gasteiger partial charge in [-0.3, -0.25) is 38.7 Å². The molecule has 9 N–H and O–H groups in total. The zero-order valence-electron chi connectivity index (χ0n) is 25.2. The normalized spacial score (nSPS) is 11.9. The van der Waals surface area contributed by atoms with Crippen LogP contribution in [0.2, 0.25) is 0 Å². The van der Waals surface area contributed by atoms with Crippen LogP contribution in [0.3, 0.4) is 0 Å². The van der Waals surface area contributed by atoms with Crippen molar-refractivity contribution in [3.8, 4) is 0 Å². The smallest absolute Gasteiger partial charge is 0.480 e. The molecule has 1 atom stereocenters. The Hall–Kier alpha value is -3.43. The summed E-state index contributed by atoms with van der Waals surface area (Å²) in [5.41, 5.74) is 0.747. The Morgan fingerprint density at radius 3 is 1.57 bits per heavy atom. The standard InChI is InChI=1S/C26H40N6O12S2.Cu/c27-46(43,44)19-6-4-18(5-7-19)13-29-26(45)28-8-2-1-3-20(25(41)42)32(11-9-30(14-21(33)34)15-22(35)36)12-10-31(16-23(37)38)17-24(39)40;/h4-7,20H,1-3,8-17H2,(H,33,34)(H,35,36)(H,37,38)(H,39,40)(H,41,42)(H2,27,43,44)(H2,28,29,45);/q;+2/t20-;/m0./s1. The molecule has 0 aromatic heterocycles. The predicted octanol–water partition coefficient (Wildman–Crippen LogP) is -1.84. The average molecular weight is 756 g/mol. The Bertz CT molecular complexity index is 1250. The second-order valence-corrected chi connectivity index (χ2v) is 12.2. The molecule has 0 aliphatic rings. The van der Waals surface area contributed by atoms with Crippen LogP contribution in [-0.4, -0.2) is 149 Å². The fraction of sp³-hybridized carbons (Fsp3) is 0.538. The quantitative estimate of drug-likeness (QED) is 0.0327. The van der Waals surface area contributed by atoms with Crippen LogP contribution < -0.4 is 15.8 Å². The van der Waals surface area contributed by atoms with Gasteiger partial charge >= 0.3 is 46.9 Å². The van der Waals surface area contributed by atoms with Crippen molar-refractivity contribution in [3.05, 3.63) is 29.8 Å². The minimum Gasteiger partial charge on any atom is -0.480 e. The molecule has 0 aliphatic carbocycles. The molecule has 0 amide bonds. The van der Waals surface area contributed by atoms with Gasteiger partial charge in [0.05, 0.1) is 31.1 Å². The Balaban J connectivity index is 0.0000212. The van der Waals surface area contributed by atoms with Gasteiger partial charge in [0, 0.05) is 39.3 Å². The second kappa shape index (κ2) is 22.2. The van der Waals surface area contributed by atoms with Gasteiger partial charge in [0.15, 0.2) is 5.11 Å². The molecule has 47 heavy (non-hydrogen) atoms. The van der Waals surface area contributed by atoms with E-state index in [4.69, 9.17) is 37.8 Å². The summed E-state index contributed by atoms with van der Waals surface area (Å²) in [5, 5.41) is 57.9. The van der Waals surface area contributed by atoms with Gasteiger partial charge in [-0.25, -0.2) is 13.6 Å². The molecular formula is C26H40CuN6O12S2+2. The Kier molecular flexibility index (Phi) is 20.6. The molecule has 0 aliphatic heterocycles. The van der Waals surface area contributed by atoms with Crippen molar-refractivity contribution in [2.75, 3.05) is 58.9 Å². The number of sulfonamides is 1. The Morgan fingerprint density at radius 2 is 1.19 bits per heavy atom. The zero-order valence-corrected chi connectivity index (χ0v) is 27.8. The summed E-state index contributed by atoms with van der Waals surface area (Å²) in [6.45, 7) is -2.20. The molecule has 1 rings (SSSR count). The van der Waals surface area contributed by atoms with Crippen LogP contribution in [0.5, 0.6) is 0 Å². The van der Waals surface area contributed by atoms with Gasteiger partial charge < -0.3 is 36.2 Å². The number of carbonyl (C=O) groups is 5. The maximum absolute atomic E-state index is 12.3. The van der Waals surface area contributed by atoms with Crippen LogP contribution in [0.15, 0.2) is 29.2 Å². The first-order valence-corrected chi connectivity index (χ1v) is 15.9. The zero-order chi connectivity index (χ0) is 34.9. The van der Waals surface area contributed by atoms with Crippen LogP contribution in [0, 0.1) is 0 Å². The van der Waals surface area contributed by atoms with Crippen LogP contribution in [0.4, 0.5) is 0 Å². The first-order valence-electron chi connectivity index (χ1n) is 13.9. The fourth-order valence-corrected chi connectivity index (χ4v) is 5.01. The summed E-state index contributed by atoms with van der Waals surface area (Å²) in [6, 6.07) is 4.78. The number of rotatable bonds is 24. The SMILES string of the molecule is NS(=O)(=O)c1ccc(CNC(=S)NCCCC[C@@H](C(=O)O)N(CCN(CC(=O)O)CC(=O)O)CCN(CC(=O)O)CC(=O)O)cc1.[Cu+2]. The number of hydrogen-bond donors (Lipinski definition) is 8. The summed E-state index contributed by atoms with van der Waals surface area (Å²) in [4.78, 5) is 60.7. The predicted molar refractivity (Wildman–Crippen MR) is 166 cm³/mol. The second-order valence-electron chi connectivity index (χ2n) is 10.2. The van der Waals surface area contributed by atoms with Crippen LogP contribution in [0.1, 0.15) is 24.8 Å². The molecule has 1 aromatic rings. The van der Waals surface area contributed by atoms with Crippen molar-refractivity contribution in [3.63, 3.8) is 0 Å². The van der Waals surface area contributed by atoms with E-state index in [2.05, 4.69) is 10.6 Å². The number of benzene rings is 1. The number of primary sulfonamides is 1. The molecule has 21 heteroatoms. The molecule has 18 nitrogen and oxygen atoms in total. The number of unbranched alkanes of at least 4 members (excludes halogenated alkanes) is 1. The number of nitrogens with two attached hydrogens (primary N) is 1. The van der Waals surface area contributed by atoms with Crippen LogP contribution in [-0.2, 0) is 57.6 Å². The van der Waals surface area contributed by atoms with E-state index in [0.29, 0.717) is 31.0 Å². The van der Waals surface area contributed by atoms with Crippen LogP contribution >= 0.6 is 12.2 Å². The maximum Gasteiger partial charge on any atom is 2.00 e. The summed E-state index contributed by atoms with van der Waals surface area (Å²) in [5.74, 6) is -6.34. The minimum atomic E-state index is -3.81.